The van der Waals surface area contributed by atoms with Crippen LogP contribution in [-0.4, -0.2) is 37.3 Å². The number of hydrogen-bond acceptors (Lipinski definition) is 5. The molecule has 1 unspecified atom stereocenters. The molecule has 1 heterocycles. The first-order chi connectivity index (χ1) is 8.16. The average Bonchev–Trinajstić information content (AvgIpc) is 2.78. The van der Waals surface area contributed by atoms with Crippen molar-refractivity contribution in [3.8, 4) is 5.69 Å². The van der Waals surface area contributed by atoms with Gasteiger partial charge in [-0.2, -0.15) is 0 Å². The van der Waals surface area contributed by atoms with E-state index in [9.17, 15) is 4.79 Å². The predicted octanol–water partition coefficient (Wildman–Crippen LogP) is -0.383. The van der Waals surface area contributed by atoms with Crippen LogP contribution in [0, 0.1) is 0 Å². The van der Waals surface area contributed by atoms with Crippen molar-refractivity contribution in [1.29, 1.82) is 0 Å². The van der Waals surface area contributed by atoms with E-state index in [4.69, 9.17) is 10.8 Å². The standard InChI is InChI=1S/C10H11N5O2/c11-8(10(16)17)6-9-12-14-15(13-9)7-4-2-1-3-5-7/h1-5,8H,6,11H2,(H,16,17). The number of para-hydroxylation sites is 1. The fourth-order valence-electron chi connectivity index (χ4n) is 1.28. The molecule has 0 aliphatic heterocycles. The number of rotatable bonds is 4. The van der Waals surface area contributed by atoms with Crippen LogP contribution in [-0.2, 0) is 11.2 Å². The van der Waals surface area contributed by atoms with E-state index >= 15 is 0 Å². The largest absolute Gasteiger partial charge is 0.480 e. The van der Waals surface area contributed by atoms with Gasteiger partial charge in [0.2, 0.25) is 0 Å². The lowest BCUT2D eigenvalue weighted by Crippen LogP contribution is -2.32. The zero-order valence-corrected chi connectivity index (χ0v) is 8.89. The summed E-state index contributed by atoms with van der Waals surface area (Å²) < 4.78 is 0. The molecule has 0 aliphatic carbocycles. The van der Waals surface area contributed by atoms with Gasteiger partial charge in [0, 0.05) is 6.42 Å². The maximum Gasteiger partial charge on any atom is 0.320 e. The number of carboxylic acid groups (broad SMARTS) is 1. The number of benzene rings is 1. The van der Waals surface area contributed by atoms with Crippen LogP contribution < -0.4 is 5.73 Å². The molecule has 0 aliphatic rings. The molecule has 88 valence electrons. The molecule has 0 fully saturated rings. The molecule has 2 aromatic rings. The highest BCUT2D eigenvalue weighted by Crippen LogP contribution is 2.03. The highest BCUT2D eigenvalue weighted by Gasteiger charge is 2.15. The number of aromatic nitrogens is 4. The normalized spacial score (nSPS) is 12.3. The van der Waals surface area contributed by atoms with E-state index in [1.807, 2.05) is 30.3 Å². The first-order valence-electron chi connectivity index (χ1n) is 4.99. The van der Waals surface area contributed by atoms with E-state index in [0.29, 0.717) is 5.82 Å². The molecule has 0 saturated heterocycles. The van der Waals surface area contributed by atoms with E-state index in [2.05, 4.69) is 15.4 Å². The van der Waals surface area contributed by atoms with Crippen LogP contribution in [0.15, 0.2) is 30.3 Å². The van der Waals surface area contributed by atoms with Crippen molar-refractivity contribution in [1.82, 2.24) is 20.2 Å². The molecule has 2 rings (SSSR count). The highest BCUT2D eigenvalue weighted by atomic mass is 16.4. The third kappa shape index (κ3) is 2.64. The lowest BCUT2D eigenvalue weighted by atomic mass is 10.2. The molecule has 7 heteroatoms. The number of tetrazole rings is 1. The van der Waals surface area contributed by atoms with Gasteiger partial charge >= 0.3 is 5.97 Å². The van der Waals surface area contributed by atoms with Gasteiger partial charge in [0.1, 0.15) is 6.04 Å². The number of carbonyl (C=O) groups is 1. The summed E-state index contributed by atoms with van der Waals surface area (Å²) >= 11 is 0. The van der Waals surface area contributed by atoms with Gasteiger partial charge in [-0.3, -0.25) is 4.79 Å². The molecular formula is C10H11N5O2. The summed E-state index contributed by atoms with van der Waals surface area (Å²) in [7, 11) is 0. The van der Waals surface area contributed by atoms with Gasteiger partial charge < -0.3 is 10.8 Å². The van der Waals surface area contributed by atoms with E-state index in [1.165, 1.54) is 4.80 Å². The molecule has 1 atom stereocenters. The van der Waals surface area contributed by atoms with Gasteiger partial charge in [0.25, 0.3) is 0 Å². The second kappa shape index (κ2) is 4.71. The monoisotopic (exact) mass is 233 g/mol. The third-order valence-corrected chi connectivity index (χ3v) is 2.16. The Kier molecular flexibility index (Phi) is 3.10. The zero-order valence-electron chi connectivity index (χ0n) is 8.89. The van der Waals surface area contributed by atoms with Gasteiger partial charge in [-0.1, -0.05) is 18.2 Å². The Morgan fingerprint density at radius 1 is 1.41 bits per heavy atom. The summed E-state index contributed by atoms with van der Waals surface area (Å²) in [5.41, 5.74) is 6.14. The fraction of sp³-hybridized carbons (Fsp3) is 0.200. The van der Waals surface area contributed by atoms with Crippen LogP contribution in [0.1, 0.15) is 5.82 Å². The van der Waals surface area contributed by atoms with Crippen LogP contribution in [0.4, 0.5) is 0 Å². The van der Waals surface area contributed by atoms with Crippen molar-refractivity contribution in [2.24, 2.45) is 5.73 Å². The Morgan fingerprint density at radius 3 is 2.76 bits per heavy atom. The molecule has 3 N–H and O–H groups in total. The number of carboxylic acids is 1. The van der Waals surface area contributed by atoms with E-state index < -0.39 is 12.0 Å². The first-order valence-corrected chi connectivity index (χ1v) is 4.99. The van der Waals surface area contributed by atoms with E-state index in [0.717, 1.165) is 5.69 Å². The number of nitrogens with two attached hydrogens (primary N) is 1. The zero-order chi connectivity index (χ0) is 12.3. The first kappa shape index (κ1) is 11.2. The number of nitrogens with zero attached hydrogens (tertiary/aromatic N) is 4. The van der Waals surface area contributed by atoms with Gasteiger partial charge in [0.15, 0.2) is 5.82 Å². The molecule has 0 spiro atoms. The van der Waals surface area contributed by atoms with E-state index in [-0.39, 0.29) is 6.42 Å². The smallest absolute Gasteiger partial charge is 0.320 e. The summed E-state index contributed by atoms with van der Waals surface area (Å²) in [6.45, 7) is 0. The van der Waals surface area contributed by atoms with Crippen LogP contribution in [0.25, 0.3) is 5.69 Å². The summed E-state index contributed by atoms with van der Waals surface area (Å²) in [4.78, 5) is 11.9. The van der Waals surface area contributed by atoms with Crippen molar-refractivity contribution in [3.05, 3.63) is 36.2 Å². The van der Waals surface area contributed by atoms with Crippen LogP contribution >= 0.6 is 0 Å². The Bertz CT molecular complexity index is 510. The minimum Gasteiger partial charge on any atom is -0.480 e. The summed E-state index contributed by atoms with van der Waals surface area (Å²) in [5, 5.41) is 20.3. The maximum absolute atomic E-state index is 10.6. The summed E-state index contributed by atoms with van der Waals surface area (Å²) in [5.74, 6) is -0.773. The minimum absolute atomic E-state index is 0.0577. The second-order valence-corrected chi connectivity index (χ2v) is 3.48. The fourth-order valence-corrected chi connectivity index (χ4v) is 1.28. The molecule has 1 aromatic heterocycles. The topological polar surface area (TPSA) is 107 Å². The molecule has 0 saturated carbocycles. The Morgan fingerprint density at radius 2 is 2.12 bits per heavy atom. The van der Waals surface area contributed by atoms with Gasteiger partial charge in [-0.25, -0.2) is 0 Å². The predicted molar refractivity (Wildman–Crippen MR) is 58.5 cm³/mol. The second-order valence-electron chi connectivity index (χ2n) is 3.48. The highest BCUT2D eigenvalue weighted by molar-refractivity contribution is 5.73. The van der Waals surface area contributed by atoms with E-state index in [1.54, 1.807) is 0 Å². The lowest BCUT2D eigenvalue weighted by Gasteiger charge is -2.00. The molecule has 0 radical (unpaired) electrons. The van der Waals surface area contributed by atoms with Gasteiger partial charge in [0.05, 0.1) is 5.69 Å². The molecule has 0 bridgehead atoms. The summed E-state index contributed by atoms with van der Waals surface area (Å²) in [6.07, 6.45) is 0.0577. The minimum atomic E-state index is -1.08. The van der Waals surface area contributed by atoms with Crippen molar-refractivity contribution >= 4 is 5.97 Å². The quantitative estimate of drug-likeness (QED) is 0.745. The Hall–Kier alpha value is -2.28. The molecular weight excluding hydrogens is 222 g/mol. The Balaban J connectivity index is 2.14. The number of aliphatic carboxylic acids is 1. The molecule has 17 heavy (non-hydrogen) atoms. The van der Waals surface area contributed by atoms with Crippen molar-refractivity contribution in [2.75, 3.05) is 0 Å². The molecule has 7 nitrogen and oxygen atoms in total. The molecule has 0 amide bonds. The van der Waals surface area contributed by atoms with Crippen molar-refractivity contribution in [2.45, 2.75) is 12.5 Å². The van der Waals surface area contributed by atoms with Gasteiger partial charge in [-0.05, 0) is 17.3 Å². The van der Waals surface area contributed by atoms with Gasteiger partial charge in [-0.15, -0.1) is 15.0 Å². The average molecular weight is 233 g/mol. The Labute approximate surface area is 96.9 Å². The molecule has 1 aromatic carbocycles. The SMILES string of the molecule is NC(Cc1nnn(-c2ccccc2)n1)C(=O)O. The van der Waals surface area contributed by atoms with Crippen LogP contribution in [0.3, 0.4) is 0 Å². The van der Waals surface area contributed by atoms with Crippen molar-refractivity contribution in [3.63, 3.8) is 0 Å². The van der Waals surface area contributed by atoms with Crippen molar-refractivity contribution < 1.29 is 9.90 Å². The van der Waals surface area contributed by atoms with Crippen LogP contribution in [0.5, 0.6) is 0 Å². The maximum atomic E-state index is 10.6. The summed E-state index contributed by atoms with van der Waals surface area (Å²) in [6, 6.07) is 8.21. The lowest BCUT2D eigenvalue weighted by molar-refractivity contribution is -0.138. The third-order valence-electron chi connectivity index (χ3n) is 2.16. The van der Waals surface area contributed by atoms with Crippen LogP contribution in [0.2, 0.25) is 0 Å². The number of hydrogen-bond donors (Lipinski definition) is 2.